The first-order valence-electron chi connectivity index (χ1n) is 5.23. The van der Waals surface area contributed by atoms with Crippen molar-refractivity contribution in [3.8, 4) is 0 Å². The SMILES string of the molecule is Cc1cccc(C(=O)NC(C)(CO)CO)c1I. The van der Waals surface area contributed by atoms with Crippen LogP contribution in [-0.4, -0.2) is 34.9 Å². The predicted molar refractivity (Wildman–Crippen MR) is 73.9 cm³/mol. The lowest BCUT2D eigenvalue weighted by atomic mass is 10.0. The Morgan fingerprint density at radius 3 is 2.53 bits per heavy atom. The minimum absolute atomic E-state index is 0.288. The second kappa shape index (κ2) is 5.79. The molecule has 0 saturated heterocycles. The minimum atomic E-state index is -0.996. The maximum absolute atomic E-state index is 12.0. The van der Waals surface area contributed by atoms with Gasteiger partial charge in [0, 0.05) is 3.57 Å². The Bertz CT molecular complexity index is 416. The molecule has 17 heavy (non-hydrogen) atoms. The first-order chi connectivity index (χ1) is 7.93. The Labute approximate surface area is 114 Å². The van der Waals surface area contributed by atoms with Gasteiger partial charge < -0.3 is 15.5 Å². The van der Waals surface area contributed by atoms with Gasteiger partial charge in [-0.05, 0) is 48.1 Å². The summed E-state index contributed by atoms with van der Waals surface area (Å²) in [5.74, 6) is -0.288. The Morgan fingerprint density at radius 2 is 2.00 bits per heavy atom. The first-order valence-corrected chi connectivity index (χ1v) is 6.31. The Balaban J connectivity index is 2.94. The first kappa shape index (κ1) is 14.4. The van der Waals surface area contributed by atoms with E-state index in [2.05, 4.69) is 27.9 Å². The largest absolute Gasteiger partial charge is 0.394 e. The summed E-state index contributed by atoms with van der Waals surface area (Å²) < 4.78 is 0.876. The molecule has 3 N–H and O–H groups in total. The summed E-state index contributed by atoms with van der Waals surface area (Å²) in [6.07, 6.45) is 0. The molecule has 1 amide bonds. The molecular formula is C12H16INO3. The van der Waals surface area contributed by atoms with Crippen LogP contribution in [0.4, 0.5) is 0 Å². The molecule has 0 aliphatic heterocycles. The summed E-state index contributed by atoms with van der Waals surface area (Å²) in [4.78, 5) is 12.0. The summed E-state index contributed by atoms with van der Waals surface area (Å²) in [5.41, 5.74) is 0.580. The fourth-order valence-corrected chi connectivity index (χ4v) is 1.90. The third-order valence-electron chi connectivity index (χ3n) is 2.55. The molecule has 1 aromatic carbocycles. The van der Waals surface area contributed by atoms with Crippen molar-refractivity contribution in [1.82, 2.24) is 5.32 Å². The van der Waals surface area contributed by atoms with Gasteiger partial charge in [0.05, 0.1) is 24.3 Å². The van der Waals surface area contributed by atoms with E-state index in [9.17, 15) is 4.79 Å². The molecule has 0 aliphatic carbocycles. The smallest absolute Gasteiger partial charge is 0.252 e. The number of rotatable bonds is 4. The van der Waals surface area contributed by atoms with Gasteiger partial charge in [0.1, 0.15) is 0 Å². The lowest BCUT2D eigenvalue weighted by Gasteiger charge is -2.26. The van der Waals surface area contributed by atoms with E-state index in [0.717, 1.165) is 9.13 Å². The van der Waals surface area contributed by atoms with Crippen LogP contribution in [0, 0.1) is 10.5 Å². The van der Waals surface area contributed by atoms with Crippen LogP contribution in [0.2, 0.25) is 0 Å². The highest BCUT2D eigenvalue weighted by atomic mass is 127. The van der Waals surface area contributed by atoms with Crippen molar-refractivity contribution in [2.24, 2.45) is 0 Å². The normalized spacial score (nSPS) is 11.4. The average molecular weight is 349 g/mol. The summed E-state index contributed by atoms with van der Waals surface area (Å²) in [6.45, 7) is 2.90. The van der Waals surface area contributed by atoms with Crippen LogP contribution in [0.15, 0.2) is 18.2 Å². The number of halogens is 1. The Hall–Kier alpha value is -0.660. The van der Waals surface area contributed by atoms with Crippen LogP contribution in [-0.2, 0) is 0 Å². The van der Waals surface area contributed by atoms with Gasteiger partial charge in [0.2, 0.25) is 0 Å². The zero-order valence-electron chi connectivity index (χ0n) is 9.83. The van der Waals surface area contributed by atoms with Crippen molar-refractivity contribution in [2.45, 2.75) is 19.4 Å². The van der Waals surface area contributed by atoms with Crippen molar-refractivity contribution < 1.29 is 15.0 Å². The van der Waals surface area contributed by atoms with E-state index >= 15 is 0 Å². The summed E-state index contributed by atoms with van der Waals surface area (Å²) in [6, 6.07) is 5.46. The van der Waals surface area contributed by atoms with Gasteiger partial charge in [-0.1, -0.05) is 12.1 Å². The lowest BCUT2D eigenvalue weighted by molar-refractivity contribution is 0.0723. The van der Waals surface area contributed by atoms with Crippen LogP contribution in [0.5, 0.6) is 0 Å². The molecule has 0 heterocycles. The molecule has 1 rings (SSSR count). The van der Waals surface area contributed by atoms with E-state index in [1.165, 1.54) is 0 Å². The molecule has 0 bridgehead atoms. The van der Waals surface area contributed by atoms with E-state index in [0.29, 0.717) is 5.56 Å². The third-order valence-corrected chi connectivity index (χ3v) is 3.98. The lowest BCUT2D eigenvalue weighted by Crippen LogP contribution is -2.51. The van der Waals surface area contributed by atoms with E-state index in [1.54, 1.807) is 13.0 Å². The zero-order chi connectivity index (χ0) is 13.1. The molecule has 0 aliphatic rings. The molecular weight excluding hydrogens is 333 g/mol. The fourth-order valence-electron chi connectivity index (χ4n) is 1.29. The quantitative estimate of drug-likeness (QED) is 0.713. The highest BCUT2D eigenvalue weighted by Gasteiger charge is 2.25. The highest BCUT2D eigenvalue weighted by molar-refractivity contribution is 14.1. The fraction of sp³-hybridized carbons (Fsp3) is 0.417. The maximum atomic E-state index is 12.0. The number of aryl methyl sites for hydroxylation is 1. The topological polar surface area (TPSA) is 69.6 Å². The van der Waals surface area contributed by atoms with Crippen molar-refractivity contribution in [1.29, 1.82) is 0 Å². The van der Waals surface area contributed by atoms with Gasteiger partial charge in [-0.3, -0.25) is 4.79 Å². The molecule has 94 valence electrons. The molecule has 0 atom stereocenters. The molecule has 4 nitrogen and oxygen atoms in total. The van der Waals surface area contributed by atoms with Gasteiger partial charge in [0.15, 0.2) is 0 Å². The van der Waals surface area contributed by atoms with E-state index < -0.39 is 5.54 Å². The number of hydrogen-bond donors (Lipinski definition) is 3. The second-order valence-corrected chi connectivity index (χ2v) is 5.35. The molecule has 5 heteroatoms. The number of carbonyl (C=O) groups excluding carboxylic acids is 1. The van der Waals surface area contributed by atoms with Gasteiger partial charge in [-0.25, -0.2) is 0 Å². The van der Waals surface area contributed by atoms with Gasteiger partial charge >= 0.3 is 0 Å². The average Bonchev–Trinajstić information content (AvgIpc) is 2.32. The number of aliphatic hydroxyl groups excluding tert-OH is 2. The van der Waals surface area contributed by atoms with Gasteiger partial charge in [-0.15, -0.1) is 0 Å². The molecule has 0 radical (unpaired) electrons. The van der Waals surface area contributed by atoms with Gasteiger partial charge in [-0.2, -0.15) is 0 Å². The number of carbonyl (C=O) groups is 1. The van der Waals surface area contributed by atoms with Crippen LogP contribution in [0.25, 0.3) is 0 Å². The third kappa shape index (κ3) is 3.40. The summed E-state index contributed by atoms with van der Waals surface area (Å²) in [7, 11) is 0. The maximum Gasteiger partial charge on any atom is 0.252 e. The standard InChI is InChI=1S/C12H16INO3/c1-8-4-3-5-9(10(8)13)11(17)14-12(2,6-15)7-16/h3-5,15-16H,6-7H2,1-2H3,(H,14,17). The van der Waals surface area contributed by atoms with Crippen LogP contribution in [0.1, 0.15) is 22.8 Å². The number of benzene rings is 1. The van der Waals surface area contributed by atoms with Crippen LogP contribution < -0.4 is 5.32 Å². The second-order valence-electron chi connectivity index (χ2n) is 4.27. The summed E-state index contributed by atoms with van der Waals surface area (Å²) in [5, 5.41) is 20.9. The minimum Gasteiger partial charge on any atom is -0.394 e. The number of hydrogen-bond acceptors (Lipinski definition) is 3. The van der Waals surface area contributed by atoms with E-state index in [1.807, 2.05) is 19.1 Å². The highest BCUT2D eigenvalue weighted by Crippen LogP contribution is 2.17. The Kier molecular flexibility index (Phi) is 4.91. The van der Waals surface area contributed by atoms with Crippen molar-refractivity contribution >= 4 is 28.5 Å². The summed E-state index contributed by atoms with van der Waals surface area (Å²) >= 11 is 2.11. The van der Waals surface area contributed by atoms with Crippen molar-refractivity contribution in [3.63, 3.8) is 0 Å². The monoisotopic (exact) mass is 349 g/mol. The number of amides is 1. The van der Waals surface area contributed by atoms with Crippen LogP contribution >= 0.6 is 22.6 Å². The number of nitrogens with one attached hydrogen (secondary N) is 1. The van der Waals surface area contributed by atoms with Gasteiger partial charge in [0.25, 0.3) is 5.91 Å². The van der Waals surface area contributed by atoms with Crippen LogP contribution in [0.3, 0.4) is 0 Å². The number of aliphatic hydroxyl groups is 2. The Morgan fingerprint density at radius 1 is 1.41 bits per heavy atom. The molecule has 0 aromatic heterocycles. The van der Waals surface area contributed by atoms with E-state index in [-0.39, 0.29) is 19.1 Å². The predicted octanol–water partition coefficient (Wildman–Crippen LogP) is 1.07. The van der Waals surface area contributed by atoms with Crippen molar-refractivity contribution in [3.05, 3.63) is 32.9 Å². The van der Waals surface area contributed by atoms with E-state index in [4.69, 9.17) is 10.2 Å². The van der Waals surface area contributed by atoms with Crippen molar-refractivity contribution in [2.75, 3.05) is 13.2 Å². The molecule has 0 unspecified atom stereocenters. The molecule has 1 aromatic rings. The zero-order valence-corrected chi connectivity index (χ0v) is 12.0. The molecule has 0 spiro atoms. The molecule has 0 fully saturated rings. The molecule has 0 saturated carbocycles.